The van der Waals surface area contributed by atoms with Crippen molar-refractivity contribution in [1.29, 1.82) is 0 Å². The molecular formula is C23H26N4O2. The summed E-state index contributed by atoms with van der Waals surface area (Å²) in [7, 11) is 0. The van der Waals surface area contributed by atoms with Gasteiger partial charge < -0.3 is 9.80 Å². The van der Waals surface area contributed by atoms with Gasteiger partial charge in [-0.2, -0.15) is 5.10 Å². The molecule has 1 aromatic heterocycles. The number of carbonyl (C=O) groups is 2. The van der Waals surface area contributed by atoms with Crippen molar-refractivity contribution in [1.82, 2.24) is 19.6 Å². The first-order valence-electron chi connectivity index (χ1n) is 10.5. The third kappa shape index (κ3) is 3.37. The molecule has 1 aromatic carbocycles. The lowest BCUT2D eigenvalue weighted by molar-refractivity contribution is -0.135. The van der Waals surface area contributed by atoms with E-state index >= 15 is 0 Å². The lowest BCUT2D eigenvalue weighted by atomic mass is 9.89. The van der Waals surface area contributed by atoms with Gasteiger partial charge >= 0.3 is 0 Å². The zero-order valence-corrected chi connectivity index (χ0v) is 16.4. The van der Waals surface area contributed by atoms with Gasteiger partial charge in [-0.3, -0.25) is 14.3 Å². The van der Waals surface area contributed by atoms with Crippen LogP contribution in [0.25, 0.3) is 0 Å². The number of amides is 2. The van der Waals surface area contributed by atoms with Gasteiger partial charge in [-0.1, -0.05) is 42.5 Å². The second-order valence-electron chi connectivity index (χ2n) is 8.41. The highest BCUT2D eigenvalue weighted by molar-refractivity contribution is 5.80. The molecule has 29 heavy (non-hydrogen) atoms. The summed E-state index contributed by atoms with van der Waals surface area (Å²) in [5, 5.41) is 4.19. The summed E-state index contributed by atoms with van der Waals surface area (Å²) in [6.07, 6.45) is 9.47. The molecule has 0 saturated carbocycles. The van der Waals surface area contributed by atoms with Gasteiger partial charge in [-0.05, 0) is 24.5 Å². The molecule has 0 spiro atoms. The summed E-state index contributed by atoms with van der Waals surface area (Å²) in [4.78, 5) is 30.1. The molecule has 0 unspecified atom stereocenters. The van der Waals surface area contributed by atoms with Crippen LogP contribution in [-0.4, -0.2) is 51.0 Å². The average Bonchev–Trinajstić information content (AvgIpc) is 3.51. The van der Waals surface area contributed by atoms with Crippen LogP contribution >= 0.6 is 0 Å². The Morgan fingerprint density at radius 2 is 1.79 bits per heavy atom. The van der Waals surface area contributed by atoms with E-state index in [0.717, 1.165) is 31.5 Å². The topological polar surface area (TPSA) is 58.4 Å². The summed E-state index contributed by atoms with van der Waals surface area (Å²) in [5.41, 5.74) is 1.16. The molecule has 3 heterocycles. The first-order chi connectivity index (χ1) is 14.2. The molecule has 6 heteroatoms. The van der Waals surface area contributed by atoms with E-state index in [2.05, 4.69) is 34.3 Å². The summed E-state index contributed by atoms with van der Waals surface area (Å²) in [6.45, 7) is 2.46. The predicted octanol–water partition coefficient (Wildman–Crippen LogP) is 2.51. The van der Waals surface area contributed by atoms with E-state index in [1.54, 1.807) is 10.9 Å². The van der Waals surface area contributed by atoms with Gasteiger partial charge in [0.1, 0.15) is 6.54 Å². The van der Waals surface area contributed by atoms with Crippen LogP contribution in [0.4, 0.5) is 0 Å². The summed E-state index contributed by atoms with van der Waals surface area (Å²) in [6, 6.07) is 12.1. The molecule has 1 aliphatic carbocycles. The molecular weight excluding hydrogens is 364 g/mol. The van der Waals surface area contributed by atoms with Crippen LogP contribution in [0, 0.1) is 17.8 Å². The van der Waals surface area contributed by atoms with E-state index in [0.29, 0.717) is 12.5 Å². The molecule has 5 rings (SSSR count). The van der Waals surface area contributed by atoms with Crippen LogP contribution in [0.2, 0.25) is 0 Å². The molecule has 0 N–H and O–H groups in total. The van der Waals surface area contributed by atoms with Crippen molar-refractivity contribution in [2.45, 2.75) is 25.4 Å². The molecule has 3 aliphatic rings. The van der Waals surface area contributed by atoms with Crippen LogP contribution in [0.1, 0.15) is 24.4 Å². The smallest absolute Gasteiger partial charge is 0.244 e. The minimum atomic E-state index is 0.0174. The standard InChI is InChI=1S/C23H26N4O2/c28-21(16-26-12-6-11-24-26)27-14-19-13-25(23(29)18-9-4-5-10-18)15-20(19)22(27)17-7-2-1-3-8-17/h1-8,11-12,18-20,22H,9-10,13-16H2/t19-,20-,22+/m0/s1. The first kappa shape index (κ1) is 18.2. The van der Waals surface area contributed by atoms with E-state index in [1.807, 2.05) is 35.4 Å². The molecule has 2 aliphatic heterocycles. The average molecular weight is 390 g/mol. The van der Waals surface area contributed by atoms with Gasteiger partial charge in [0.2, 0.25) is 11.8 Å². The lowest BCUT2D eigenvalue weighted by Crippen LogP contribution is -2.40. The monoisotopic (exact) mass is 390 g/mol. The fourth-order valence-corrected chi connectivity index (χ4v) is 5.26. The first-order valence-corrected chi connectivity index (χ1v) is 10.5. The Hall–Kier alpha value is -2.89. The Balaban J connectivity index is 1.37. The molecule has 0 bridgehead atoms. The van der Waals surface area contributed by atoms with E-state index in [1.165, 1.54) is 0 Å². The highest BCUT2D eigenvalue weighted by atomic mass is 16.2. The number of rotatable bonds is 4. The minimum Gasteiger partial charge on any atom is -0.342 e. The van der Waals surface area contributed by atoms with Crippen molar-refractivity contribution in [2.24, 2.45) is 17.8 Å². The summed E-state index contributed by atoms with van der Waals surface area (Å²) in [5.74, 6) is 1.11. The lowest BCUT2D eigenvalue weighted by Gasteiger charge is -2.30. The Kier molecular flexibility index (Phi) is 4.70. The normalized spacial score (nSPS) is 26.3. The van der Waals surface area contributed by atoms with Crippen LogP contribution in [0.5, 0.6) is 0 Å². The fraction of sp³-hybridized carbons (Fsp3) is 0.435. The number of hydrogen-bond donors (Lipinski definition) is 0. The molecule has 2 aromatic rings. The second kappa shape index (κ2) is 7.50. The maximum atomic E-state index is 13.1. The number of carbonyl (C=O) groups excluding carboxylic acids is 2. The number of nitrogens with zero attached hydrogens (tertiary/aromatic N) is 4. The molecule has 150 valence electrons. The Morgan fingerprint density at radius 3 is 2.52 bits per heavy atom. The zero-order valence-electron chi connectivity index (χ0n) is 16.4. The molecule has 2 fully saturated rings. The number of fused-ring (bicyclic) bond motifs is 1. The van der Waals surface area contributed by atoms with Crippen molar-refractivity contribution in [3.8, 4) is 0 Å². The van der Waals surface area contributed by atoms with Crippen LogP contribution in [0.3, 0.4) is 0 Å². The maximum absolute atomic E-state index is 13.1. The number of allylic oxidation sites excluding steroid dienone is 2. The van der Waals surface area contributed by atoms with Crippen LogP contribution in [-0.2, 0) is 16.1 Å². The molecule has 2 amide bonds. The van der Waals surface area contributed by atoms with Crippen LogP contribution < -0.4 is 0 Å². The van der Waals surface area contributed by atoms with Crippen molar-refractivity contribution < 1.29 is 9.59 Å². The van der Waals surface area contributed by atoms with Gasteiger partial charge in [-0.15, -0.1) is 0 Å². The summed E-state index contributed by atoms with van der Waals surface area (Å²) < 4.78 is 1.68. The predicted molar refractivity (Wildman–Crippen MR) is 109 cm³/mol. The third-order valence-corrected chi connectivity index (χ3v) is 6.65. The summed E-state index contributed by atoms with van der Waals surface area (Å²) >= 11 is 0. The van der Waals surface area contributed by atoms with Gasteiger partial charge in [-0.25, -0.2) is 0 Å². The largest absolute Gasteiger partial charge is 0.342 e. The SMILES string of the molecule is O=C(C1CC=CC1)N1C[C@H]2CN(C(=O)Cn3cccn3)[C@H](c3ccccc3)[C@H]2C1. The molecule has 3 atom stereocenters. The maximum Gasteiger partial charge on any atom is 0.244 e. The van der Waals surface area contributed by atoms with E-state index in [-0.39, 0.29) is 36.2 Å². The van der Waals surface area contributed by atoms with Crippen molar-refractivity contribution in [3.63, 3.8) is 0 Å². The zero-order chi connectivity index (χ0) is 19.8. The van der Waals surface area contributed by atoms with E-state index < -0.39 is 0 Å². The highest BCUT2D eigenvalue weighted by Crippen LogP contribution is 2.45. The number of likely N-dealkylation sites (tertiary alicyclic amines) is 2. The minimum absolute atomic E-state index is 0.0174. The fourth-order valence-electron chi connectivity index (χ4n) is 5.26. The highest BCUT2D eigenvalue weighted by Gasteiger charge is 2.50. The van der Waals surface area contributed by atoms with Crippen molar-refractivity contribution in [2.75, 3.05) is 19.6 Å². The van der Waals surface area contributed by atoms with Gasteiger partial charge in [0.25, 0.3) is 0 Å². The quantitative estimate of drug-likeness (QED) is 0.754. The number of benzene rings is 1. The molecule has 2 saturated heterocycles. The third-order valence-electron chi connectivity index (χ3n) is 6.65. The van der Waals surface area contributed by atoms with Gasteiger partial charge in [0.15, 0.2) is 0 Å². The second-order valence-corrected chi connectivity index (χ2v) is 8.41. The van der Waals surface area contributed by atoms with E-state index in [9.17, 15) is 9.59 Å². The van der Waals surface area contributed by atoms with Crippen molar-refractivity contribution in [3.05, 3.63) is 66.5 Å². The number of aromatic nitrogens is 2. The van der Waals surface area contributed by atoms with Gasteiger partial charge in [0.05, 0.1) is 6.04 Å². The molecule has 0 radical (unpaired) electrons. The number of hydrogen-bond acceptors (Lipinski definition) is 3. The Labute approximate surface area is 170 Å². The Morgan fingerprint density at radius 1 is 1.00 bits per heavy atom. The Bertz CT molecular complexity index is 900. The molecule has 6 nitrogen and oxygen atoms in total. The van der Waals surface area contributed by atoms with E-state index in [4.69, 9.17) is 0 Å². The van der Waals surface area contributed by atoms with Gasteiger partial charge in [0, 0.05) is 49.8 Å². The van der Waals surface area contributed by atoms with Crippen molar-refractivity contribution >= 4 is 11.8 Å². The van der Waals surface area contributed by atoms with Crippen LogP contribution in [0.15, 0.2) is 60.9 Å².